The summed E-state index contributed by atoms with van der Waals surface area (Å²) in [6, 6.07) is 5.75. The van der Waals surface area contributed by atoms with Gasteiger partial charge in [0.1, 0.15) is 5.76 Å². The number of nitrogens with one attached hydrogen (secondary N) is 1. The van der Waals surface area contributed by atoms with E-state index in [1.54, 1.807) is 17.6 Å². The fourth-order valence-electron chi connectivity index (χ4n) is 1.68. The Morgan fingerprint density at radius 1 is 1.58 bits per heavy atom. The van der Waals surface area contributed by atoms with Gasteiger partial charge in [0, 0.05) is 4.88 Å². The molecule has 0 aromatic carbocycles. The van der Waals surface area contributed by atoms with Crippen LogP contribution in [0.5, 0.6) is 0 Å². The SMILES string of the molecule is COC(=O)CC(NCc1occc1Br)c1cccs1. The molecule has 1 atom stereocenters. The molecule has 2 aromatic rings. The molecule has 0 aliphatic rings. The minimum Gasteiger partial charge on any atom is -0.469 e. The second-order valence-corrected chi connectivity index (χ2v) is 5.75. The van der Waals surface area contributed by atoms with E-state index in [-0.39, 0.29) is 12.0 Å². The van der Waals surface area contributed by atoms with E-state index >= 15 is 0 Å². The highest BCUT2D eigenvalue weighted by Gasteiger charge is 2.18. The number of carbonyl (C=O) groups excluding carboxylic acids is 1. The van der Waals surface area contributed by atoms with Gasteiger partial charge in [-0.25, -0.2) is 0 Å². The van der Waals surface area contributed by atoms with Crippen LogP contribution in [0.1, 0.15) is 23.1 Å². The molecule has 0 saturated carbocycles. The smallest absolute Gasteiger partial charge is 0.307 e. The molecule has 1 N–H and O–H groups in total. The molecule has 0 fully saturated rings. The summed E-state index contributed by atoms with van der Waals surface area (Å²) in [6.07, 6.45) is 1.93. The number of methoxy groups -OCH3 is 1. The first-order chi connectivity index (χ1) is 9.20. The first-order valence-corrected chi connectivity index (χ1v) is 7.43. The summed E-state index contributed by atoms with van der Waals surface area (Å²) in [7, 11) is 1.40. The van der Waals surface area contributed by atoms with Gasteiger partial charge < -0.3 is 14.5 Å². The maximum atomic E-state index is 11.5. The second-order valence-electron chi connectivity index (χ2n) is 3.92. The van der Waals surface area contributed by atoms with E-state index in [2.05, 4.69) is 21.2 Å². The molecule has 0 saturated heterocycles. The van der Waals surface area contributed by atoms with Crippen molar-refractivity contribution in [2.24, 2.45) is 0 Å². The van der Waals surface area contributed by atoms with Gasteiger partial charge in [-0.15, -0.1) is 11.3 Å². The lowest BCUT2D eigenvalue weighted by atomic mass is 10.1. The molecule has 0 aliphatic heterocycles. The zero-order valence-electron chi connectivity index (χ0n) is 10.4. The van der Waals surface area contributed by atoms with Crippen molar-refractivity contribution in [1.29, 1.82) is 0 Å². The molecular weight excluding hydrogens is 330 g/mol. The minimum atomic E-state index is -0.232. The van der Waals surface area contributed by atoms with Crippen molar-refractivity contribution in [3.8, 4) is 0 Å². The molecule has 6 heteroatoms. The Hall–Kier alpha value is -1.11. The van der Waals surface area contributed by atoms with Crippen LogP contribution in [-0.4, -0.2) is 13.1 Å². The van der Waals surface area contributed by atoms with Gasteiger partial charge in [0.15, 0.2) is 0 Å². The molecule has 4 nitrogen and oxygen atoms in total. The quantitative estimate of drug-likeness (QED) is 0.815. The summed E-state index contributed by atoms with van der Waals surface area (Å²) in [4.78, 5) is 12.6. The molecule has 2 rings (SSSR count). The number of furan rings is 1. The van der Waals surface area contributed by atoms with Crippen molar-refractivity contribution in [1.82, 2.24) is 5.32 Å². The largest absolute Gasteiger partial charge is 0.469 e. The first-order valence-electron chi connectivity index (χ1n) is 5.76. The number of thiophene rings is 1. The van der Waals surface area contributed by atoms with Crippen molar-refractivity contribution < 1.29 is 13.9 Å². The lowest BCUT2D eigenvalue weighted by molar-refractivity contribution is -0.141. The van der Waals surface area contributed by atoms with E-state index in [4.69, 9.17) is 9.15 Å². The van der Waals surface area contributed by atoms with Crippen molar-refractivity contribution in [2.75, 3.05) is 7.11 Å². The molecule has 102 valence electrons. The predicted molar refractivity (Wildman–Crippen MR) is 76.9 cm³/mol. The van der Waals surface area contributed by atoms with Gasteiger partial charge >= 0.3 is 5.97 Å². The van der Waals surface area contributed by atoms with Crippen molar-refractivity contribution in [3.05, 3.63) is 45.0 Å². The predicted octanol–water partition coefficient (Wildman–Crippen LogP) is 3.50. The van der Waals surface area contributed by atoms with Crippen LogP contribution in [0.2, 0.25) is 0 Å². The van der Waals surface area contributed by atoms with Crippen LogP contribution in [0.15, 0.2) is 38.7 Å². The maximum Gasteiger partial charge on any atom is 0.307 e. The van der Waals surface area contributed by atoms with Crippen LogP contribution in [0.4, 0.5) is 0 Å². The van der Waals surface area contributed by atoms with E-state index in [9.17, 15) is 4.79 Å². The van der Waals surface area contributed by atoms with E-state index in [1.807, 2.05) is 23.6 Å². The normalized spacial score (nSPS) is 12.3. The van der Waals surface area contributed by atoms with Crippen LogP contribution in [0, 0.1) is 0 Å². The number of hydrogen-bond donors (Lipinski definition) is 1. The number of halogens is 1. The number of ether oxygens (including phenoxy) is 1. The fourth-order valence-corrected chi connectivity index (χ4v) is 2.82. The molecule has 0 amide bonds. The topological polar surface area (TPSA) is 51.5 Å². The van der Waals surface area contributed by atoms with Crippen LogP contribution in [0.3, 0.4) is 0 Å². The summed E-state index contributed by atoms with van der Waals surface area (Å²) in [5, 5.41) is 5.31. The first kappa shape index (κ1) is 14.3. The third-order valence-electron chi connectivity index (χ3n) is 2.69. The van der Waals surface area contributed by atoms with Gasteiger partial charge in [0.2, 0.25) is 0 Å². The van der Waals surface area contributed by atoms with E-state index < -0.39 is 0 Å². The maximum absolute atomic E-state index is 11.5. The Kier molecular flexibility index (Phi) is 5.18. The molecule has 0 radical (unpaired) electrons. The summed E-state index contributed by atoms with van der Waals surface area (Å²) < 4.78 is 11.0. The van der Waals surface area contributed by atoms with Crippen LogP contribution in [-0.2, 0) is 16.1 Å². The van der Waals surface area contributed by atoms with E-state index in [0.29, 0.717) is 13.0 Å². The zero-order valence-corrected chi connectivity index (χ0v) is 12.8. The zero-order chi connectivity index (χ0) is 13.7. The monoisotopic (exact) mass is 343 g/mol. The van der Waals surface area contributed by atoms with E-state index in [0.717, 1.165) is 15.1 Å². The Morgan fingerprint density at radius 2 is 2.42 bits per heavy atom. The second kappa shape index (κ2) is 6.88. The van der Waals surface area contributed by atoms with Gasteiger partial charge in [-0.2, -0.15) is 0 Å². The molecule has 0 bridgehead atoms. The number of carbonyl (C=O) groups is 1. The summed E-state index contributed by atoms with van der Waals surface area (Å²) >= 11 is 5.02. The van der Waals surface area contributed by atoms with Crippen molar-refractivity contribution >= 4 is 33.2 Å². The summed E-state index contributed by atoms with van der Waals surface area (Å²) in [6.45, 7) is 0.549. The van der Waals surface area contributed by atoms with Gasteiger partial charge in [0.05, 0.1) is 36.9 Å². The standard InChI is InChI=1S/C13H14BrNO3S/c1-17-13(16)7-10(12-3-2-6-19-12)15-8-11-9(14)4-5-18-11/h2-6,10,15H,7-8H2,1H3. The van der Waals surface area contributed by atoms with Gasteiger partial charge in [-0.3, -0.25) is 4.79 Å². The van der Waals surface area contributed by atoms with Crippen LogP contribution >= 0.6 is 27.3 Å². The Balaban J connectivity index is 2.02. The minimum absolute atomic E-state index is 0.0653. The number of hydrogen-bond acceptors (Lipinski definition) is 5. The van der Waals surface area contributed by atoms with Gasteiger partial charge in [0.25, 0.3) is 0 Å². The van der Waals surface area contributed by atoms with Crippen molar-refractivity contribution in [3.63, 3.8) is 0 Å². The molecule has 1 unspecified atom stereocenters. The Morgan fingerprint density at radius 3 is 3.00 bits per heavy atom. The third kappa shape index (κ3) is 3.92. The highest BCUT2D eigenvalue weighted by Crippen LogP contribution is 2.24. The van der Waals surface area contributed by atoms with Crippen LogP contribution < -0.4 is 5.32 Å². The molecule has 0 spiro atoms. The van der Waals surface area contributed by atoms with Crippen molar-refractivity contribution in [2.45, 2.75) is 19.0 Å². The average molecular weight is 344 g/mol. The Labute approximate surface area is 123 Å². The number of rotatable bonds is 6. The fraction of sp³-hybridized carbons (Fsp3) is 0.308. The molecular formula is C13H14BrNO3S. The Bertz CT molecular complexity index is 524. The summed E-state index contributed by atoms with van der Waals surface area (Å²) in [5.74, 6) is 0.579. The molecule has 19 heavy (non-hydrogen) atoms. The number of esters is 1. The summed E-state index contributed by atoms with van der Waals surface area (Å²) in [5.41, 5.74) is 0. The van der Waals surface area contributed by atoms with E-state index in [1.165, 1.54) is 7.11 Å². The third-order valence-corrected chi connectivity index (χ3v) is 4.38. The lowest BCUT2D eigenvalue weighted by Gasteiger charge is -2.15. The average Bonchev–Trinajstić information content (AvgIpc) is 3.06. The molecule has 2 aromatic heterocycles. The van der Waals surface area contributed by atoms with Gasteiger partial charge in [-0.05, 0) is 33.4 Å². The van der Waals surface area contributed by atoms with Gasteiger partial charge in [-0.1, -0.05) is 6.07 Å². The molecule has 2 heterocycles. The highest BCUT2D eigenvalue weighted by molar-refractivity contribution is 9.10. The molecule has 0 aliphatic carbocycles. The highest BCUT2D eigenvalue weighted by atomic mass is 79.9. The van der Waals surface area contributed by atoms with Crippen LogP contribution in [0.25, 0.3) is 0 Å². The lowest BCUT2D eigenvalue weighted by Crippen LogP contribution is -2.23.